The molecule has 1 N–H and O–H groups in total. The van der Waals surface area contributed by atoms with E-state index in [9.17, 15) is 13.5 Å². The molecule has 0 bridgehead atoms. The van der Waals surface area contributed by atoms with E-state index in [1.807, 2.05) is 11.0 Å². The van der Waals surface area contributed by atoms with Crippen LogP contribution in [0.3, 0.4) is 0 Å². The summed E-state index contributed by atoms with van der Waals surface area (Å²) in [5, 5.41) is 9.72. The maximum atomic E-state index is 11.6. The number of rotatable bonds is 2. The molecule has 0 aliphatic carbocycles. The van der Waals surface area contributed by atoms with Crippen LogP contribution in [0.2, 0.25) is 0 Å². The Morgan fingerprint density at radius 2 is 2.17 bits per heavy atom. The minimum absolute atomic E-state index is 0.156. The Labute approximate surface area is 107 Å². The number of nitrogens with zero attached hydrogens (tertiary/aromatic N) is 2. The summed E-state index contributed by atoms with van der Waals surface area (Å²) in [6.07, 6.45) is 1.67. The van der Waals surface area contributed by atoms with Gasteiger partial charge in [0, 0.05) is 24.8 Å². The first-order chi connectivity index (χ1) is 8.49. The van der Waals surface area contributed by atoms with Crippen LogP contribution in [0.5, 0.6) is 0 Å². The molecule has 2 heterocycles. The highest BCUT2D eigenvalue weighted by molar-refractivity contribution is 7.91. The molecule has 1 aromatic heterocycles. The molecule has 1 aliphatic rings. The third-order valence-corrected chi connectivity index (χ3v) is 4.84. The average molecular weight is 270 g/mol. The van der Waals surface area contributed by atoms with E-state index in [1.165, 1.54) is 0 Å². The Bertz CT molecular complexity index is 514. The maximum absolute atomic E-state index is 11.6. The van der Waals surface area contributed by atoms with Crippen LogP contribution in [0.15, 0.2) is 18.3 Å². The van der Waals surface area contributed by atoms with Crippen molar-refractivity contribution in [3.8, 4) is 0 Å². The van der Waals surface area contributed by atoms with Gasteiger partial charge in [0.25, 0.3) is 0 Å². The van der Waals surface area contributed by atoms with Gasteiger partial charge < -0.3 is 10.0 Å². The second kappa shape index (κ2) is 5.24. The fourth-order valence-corrected chi connectivity index (χ4v) is 3.42. The van der Waals surface area contributed by atoms with Crippen molar-refractivity contribution < 1.29 is 13.5 Å². The van der Waals surface area contributed by atoms with E-state index >= 15 is 0 Å². The molecular formula is C12H18N2O3S. The third-order valence-electron chi connectivity index (χ3n) is 3.12. The molecule has 1 aromatic rings. The van der Waals surface area contributed by atoms with Crippen molar-refractivity contribution in [2.75, 3.05) is 29.5 Å². The van der Waals surface area contributed by atoms with Gasteiger partial charge in [-0.05, 0) is 19.4 Å². The van der Waals surface area contributed by atoms with Crippen LogP contribution in [0.4, 0.5) is 5.82 Å². The second-order valence-corrected chi connectivity index (χ2v) is 6.89. The lowest BCUT2D eigenvalue weighted by Crippen LogP contribution is -2.28. The Morgan fingerprint density at radius 1 is 1.39 bits per heavy atom. The van der Waals surface area contributed by atoms with E-state index in [2.05, 4.69) is 4.98 Å². The van der Waals surface area contributed by atoms with Gasteiger partial charge in [0.2, 0.25) is 0 Å². The zero-order chi connectivity index (χ0) is 13.2. The molecule has 0 amide bonds. The molecular weight excluding hydrogens is 252 g/mol. The number of pyridine rings is 1. The lowest BCUT2D eigenvalue weighted by atomic mass is 10.1. The molecule has 0 aromatic carbocycles. The molecule has 6 heteroatoms. The molecule has 0 radical (unpaired) electrons. The summed E-state index contributed by atoms with van der Waals surface area (Å²) in [5.41, 5.74) is 0.747. The van der Waals surface area contributed by atoms with Gasteiger partial charge in [0.05, 0.1) is 17.6 Å². The van der Waals surface area contributed by atoms with Gasteiger partial charge in [-0.3, -0.25) is 0 Å². The average Bonchev–Trinajstić information content (AvgIpc) is 2.50. The number of hydrogen-bond donors (Lipinski definition) is 1. The highest BCUT2D eigenvalue weighted by Gasteiger charge is 2.22. The van der Waals surface area contributed by atoms with Crippen LogP contribution in [0.1, 0.15) is 25.0 Å². The number of aliphatic hydroxyl groups is 1. The summed E-state index contributed by atoms with van der Waals surface area (Å²) in [4.78, 5) is 6.24. The number of hydrogen-bond acceptors (Lipinski definition) is 5. The van der Waals surface area contributed by atoms with Gasteiger partial charge in [0.15, 0.2) is 9.84 Å². The molecule has 18 heavy (non-hydrogen) atoms. The van der Waals surface area contributed by atoms with Gasteiger partial charge in [0.1, 0.15) is 5.82 Å². The van der Waals surface area contributed by atoms with Crippen LogP contribution >= 0.6 is 0 Å². The minimum Gasteiger partial charge on any atom is -0.389 e. The monoisotopic (exact) mass is 270 g/mol. The number of aromatic nitrogens is 1. The summed E-state index contributed by atoms with van der Waals surface area (Å²) < 4.78 is 23.1. The molecule has 1 atom stereocenters. The van der Waals surface area contributed by atoms with Gasteiger partial charge in [-0.25, -0.2) is 13.4 Å². The molecule has 0 saturated carbocycles. The summed E-state index contributed by atoms with van der Waals surface area (Å²) in [6.45, 7) is 2.80. The van der Waals surface area contributed by atoms with Crippen LogP contribution in [0, 0.1) is 0 Å². The van der Waals surface area contributed by atoms with Crippen molar-refractivity contribution in [1.29, 1.82) is 0 Å². The Kier molecular flexibility index (Phi) is 3.87. The maximum Gasteiger partial charge on any atom is 0.152 e. The zero-order valence-electron chi connectivity index (χ0n) is 10.4. The lowest BCUT2D eigenvalue weighted by molar-refractivity contribution is 0.199. The molecule has 5 nitrogen and oxygen atoms in total. The van der Waals surface area contributed by atoms with Crippen molar-refractivity contribution in [2.24, 2.45) is 0 Å². The largest absolute Gasteiger partial charge is 0.389 e. The highest BCUT2D eigenvalue weighted by atomic mass is 32.2. The standard InChI is InChI=1S/C12H18N2O3S/c1-10(15)11-4-2-5-13-12(11)14-6-3-8-18(16,17)9-7-14/h2,4-5,10,15H,3,6-9H2,1H3/t10-/m0/s1. The predicted octanol–water partition coefficient (Wildman–Crippen LogP) is 0.760. The molecule has 0 unspecified atom stereocenters. The van der Waals surface area contributed by atoms with Crippen LogP contribution < -0.4 is 4.90 Å². The molecule has 1 saturated heterocycles. The van der Waals surface area contributed by atoms with Crippen molar-refractivity contribution >= 4 is 15.7 Å². The number of aliphatic hydroxyl groups excluding tert-OH is 1. The fourth-order valence-electron chi connectivity index (χ4n) is 2.15. The van der Waals surface area contributed by atoms with Crippen molar-refractivity contribution in [3.05, 3.63) is 23.9 Å². The Morgan fingerprint density at radius 3 is 2.89 bits per heavy atom. The third kappa shape index (κ3) is 3.00. The van der Waals surface area contributed by atoms with E-state index in [0.29, 0.717) is 25.3 Å². The van der Waals surface area contributed by atoms with Gasteiger partial charge in [-0.2, -0.15) is 0 Å². The van der Waals surface area contributed by atoms with E-state index in [4.69, 9.17) is 0 Å². The zero-order valence-corrected chi connectivity index (χ0v) is 11.2. The van der Waals surface area contributed by atoms with E-state index in [1.54, 1.807) is 19.2 Å². The smallest absolute Gasteiger partial charge is 0.152 e. The van der Waals surface area contributed by atoms with E-state index in [-0.39, 0.29) is 11.5 Å². The topological polar surface area (TPSA) is 70.5 Å². The first-order valence-electron chi connectivity index (χ1n) is 6.08. The minimum atomic E-state index is -2.93. The van der Waals surface area contributed by atoms with Gasteiger partial charge in [-0.1, -0.05) is 6.07 Å². The molecule has 100 valence electrons. The van der Waals surface area contributed by atoms with Crippen LogP contribution in [-0.4, -0.2) is 43.1 Å². The fraction of sp³-hybridized carbons (Fsp3) is 0.583. The normalized spacial score (nSPS) is 21.3. The molecule has 0 spiro atoms. The van der Waals surface area contributed by atoms with Gasteiger partial charge >= 0.3 is 0 Å². The number of anilines is 1. The number of sulfone groups is 1. The van der Waals surface area contributed by atoms with Gasteiger partial charge in [-0.15, -0.1) is 0 Å². The quantitative estimate of drug-likeness (QED) is 0.859. The van der Waals surface area contributed by atoms with Crippen LogP contribution in [0.25, 0.3) is 0 Å². The molecule has 2 rings (SSSR count). The molecule has 1 fully saturated rings. The molecule has 1 aliphatic heterocycles. The summed E-state index contributed by atoms with van der Waals surface area (Å²) in [6, 6.07) is 3.60. The first-order valence-corrected chi connectivity index (χ1v) is 7.90. The Balaban J connectivity index is 2.26. The van der Waals surface area contributed by atoms with Crippen molar-refractivity contribution in [2.45, 2.75) is 19.4 Å². The van der Waals surface area contributed by atoms with Crippen molar-refractivity contribution in [3.63, 3.8) is 0 Å². The Hall–Kier alpha value is -1.14. The first kappa shape index (κ1) is 13.3. The predicted molar refractivity (Wildman–Crippen MR) is 70.4 cm³/mol. The summed E-state index contributed by atoms with van der Waals surface area (Å²) in [7, 11) is -2.93. The second-order valence-electron chi connectivity index (χ2n) is 4.58. The van der Waals surface area contributed by atoms with Crippen LogP contribution in [-0.2, 0) is 9.84 Å². The van der Waals surface area contributed by atoms with Crippen molar-refractivity contribution in [1.82, 2.24) is 4.98 Å². The van der Waals surface area contributed by atoms with E-state index in [0.717, 1.165) is 5.56 Å². The summed E-state index contributed by atoms with van der Waals surface area (Å²) >= 11 is 0. The summed E-state index contributed by atoms with van der Waals surface area (Å²) in [5.74, 6) is 1.09. The SMILES string of the molecule is C[C@H](O)c1cccnc1N1CCCS(=O)(=O)CC1. The van der Waals surface area contributed by atoms with E-state index < -0.39 is 15.9 Å². The highest BCUT2D eigenvalue weighted by Crippen LogP contribution is 2.24. The lowest BCUT2D eigenvalue weighted by Gasteiger charge is -2.24.